The molecule has 2 aromatic carbocycles. The van der Waals surface area contributed by atoms with Crippen LogP contribution < -0.4 is 4.74 Å². The molecule has 0 saturated heterocycles. The monoisotopic (exact) mass is 408 g/mol. The molecule has 2 aliphatic heterocycles. The molecule has 1 unspecified atom stereocenters. The number of aliphatic imine (C=N–C) groups is 1. The predicted molar refractivity (Wildman–Crippen MR) is 110 cm³/mol. The highest BCUT2D eigenvalue weighted by Crippen LogP contribution is 2.23. The summed E-state index contributed by atoms with van der Waals surface area (Å²) in [5.41, 5.74) is 1.74. The van der Waals surface area contributed by atoms with Crippen LogP contribution in [0.5, 0.6) is 5.75 Å². The van der Waals surface area contributed by atoms with Crippen LogP contribution in [0.25, 0.3) is 0 Å². The maximum absolute atomic E-state index is 13.3. The van der Waals surface area contributed by atoms with Crippen molar-refractivity contribution in [3.63, 3.8) is 0 Å². The SMILES string of the molecule is COc1ccc(CN2C(=O)C3C=CC=NC3=[N+](Cc3ccc(Cl)cc3)C2=O)cc1. The molecule has 7 heteroatoms. The van der Waals surface area contributed by atoms with E-state index < -0.39 is 5.92 Å². The number of dihydropyridines is 1. The van der Waals surface area contributed by atoms with Crippen molar-refractivity contribution in [2.45, 2.75) is 13.1 Å². The van der Waals surface area contributed by atoms with E-state index in [0.717, 1.165) is 16.9 Å². The lowest BCUT2D eigenvalue weighted by Crippen LogP contribution is -2.53. The van der Waals surface area contributed by atoms with Crippen molar-refractivity contribution in [2.75, 3.05) is 7.11 Å². The van der Waals surface area contributed by atoms with Gasteiger partial charge < -0.3 is 4.74 Å². The van der Waals surface area contributed by atoms with Gasteiger partial charge in [-0.15, -0.1) is 4.99 Å². The maximum atomic E-state index is 13.3. The third kappa shape index (κ3) is 3.84. The Balaban J connectivity index is 1.67. The number of ether oxygens (including phenoxy) is 1. The normalized spacial score (nSPS) is 18.3. The minimum absolute atomic E-state index is 0.181. The number of hydrogen-bond donors (Lipinski definition) is 0. The Morgan fingerprint density at radius 1 is 1.07 bits per heavy atom. The standard InChI is InChI=1S/C22H19ClN3O3/c1-29-18-10-6-16(7-11-18)14-26-21(27)19-3-2-12-24-20(19)25(22(26)28)13-15-4-8-17(23)9-5-15/h2-12,19H,13-14H2,1H3/q+1. The number of rotatable bonds is 5. The summed E-state index contributed by atoms with van der Waals surface area (Å²) < 4.78 is 6.72. The molecule has 146 valence electrons. The maximum Gasteiger partial charge on any atom is 0.446 e. The van der Waals surface area contributed by atoms with E-state index in [-0.39, 0.29) is 18.5 Å². The van der Waals surface area contributed by atoms with Crippen LogP contribution in [0, 0.1) is 5.92 Å². The lowest BCUT2D eigenvalue weighted by molar-refractivity contribution is -0.458. The molecule has 0 fully saturated rings. The average molecular weight is 409 g/mol. The Kier molecular flexibility index (Phi) is 5.27. The highest BCUT2D eigenvalue weighted by molar-refractivity contribution is 6.30. The van der Waals surface area contributed by atoms with Crippen molar-refractivity contribution in [1.29, 1.82) is 0 Å². The van der Waals surface area contributed by atoms with Crippen molar-refractivity contribution in [2.24, 2.45) is 10.9 Å². The molecular weight excluding hydrogens is 390 g/mol. The fourth-order valence-electron chi connectivity index (χ4n) is 3.36. The zero-order valence-electron chi connectivity index (χ0n) is 15.8. The molecule has 1 atom stereocenters. The average Bonchev–Trinajstić information content (AvgIpc) is 2.76. The van der Waals surface area contributed by atoms with E-state index in [2.05, 4.69) is 4.99 Å². The predicted octanol–water partition coefficient (Wildman–Crippen LogP) is 3.68. The summed E-state index contributed by atoms with van der Waals surface area (Å²) in [5, 5.41) is 0.624. The van der Waals surface area contributed by atoms with Gasteiger partial charge >= 0.3 is 11.9 Å². The van der Waals surface area contributed by atoms with Crippen LogP contribution >= 0.6 is 11.6 Å². The number of halogens is 1. The lowest BCUT2D eigenvalue weighted by Gasteiger charge is -2.27. The summed E-state index contributed by atoms with van der Waals surface area (Å²) in [6.07, 6.45) is 5.10. The number of benzene rings is 2. The van der Waals surface area contributed by atoms with Crippen LogP contribution in [0.15, 0.2) is 65.7 Å². The minimum Gasteiger partial charge on any atom is -0.497 e. The Morgan fingerprint density at radius 2 is 1.76 bits per heavy atom. The Bertz CT molecular complexity index is 1040. The molecule has 3 amide bonds. The number of methoxy groups -OCH3 is 1. The van der Waals surface area contributed by atoms with Crippen LogP contribution in [-0.4, -0.2) is 40.6 Å². The molecule has 0 N–H and O–H groups in total. The Morgan fingerprint density at radius 3 is 2.45 bits per heavy atom. The van der Waals surface area contributed by atoms with Crippen LogP contribution in [0.2, 0.25) is 5.02 Å². The number of fused-ring (bicyclic) bond motifs is 1. The molecule has 6 nitrogen and oxygen atoms in total. The number of carbonyl (C=O) groups excluding carboxylic acids is 2. The van der Waals surface area contributed by atoms with Gasteiger partial charge in [0.15, 0.2) is 5.92 Å². The zero-order chi connectivity index (χ0) is 20.4. The Labute approximate surface area is 173 Å². The number of hydrogen-bond acceptors (Lipinski definition) is 4. The van der Waals surface area contributed by atoms with Crippen LogP contribution in [0.1, 0.15) is 11.1 Å². The number of allylic oxidation sites excluding steroid dienone is 1. The topological polar surface area (TPSA) is 62.0 Å². The number of urea groups is 1. The lowest BCUT2D eigenvalue weighted by atomic mass is 10.0. The first-order valence-electron chi connectivity index (χ1n) is 9.15. The highest BCUT2D eigenvalue weighted by atomic mass is 35.5. The second-order valence-corrected chi connectivity index (χ2v) is 7.20. The van der Waals surface area contributed by atoms with E-state index in [1.165, 1.54) is 4.90 Å². The van der Waals surface area contributed by atoms with Gasteiger partial charge in [0.2, 0.25) is 0 Å². The van der Waals surface area contributed by atoms with E-state index in [9.17, 15) is 9.59 Å². The fourth-order valence-corrected chi connectivity index (χ4v) is 3.49. The third-order valence-electron chi connectivity index (χ3n) is 4.90. The van der Waals surface area contributed by atoms with Gasteiger partial charge in [-0.2, -0.15) is 9.48 Å². The van der Waals surface area contributed by atoms with Gasteiger partial charge in [-0.05, 0) is 41.5 Å². The highest BCUT2D eigenvalue weighted by Gasteiger charge is 2.46. The summed E-state index contributed by atoms with van der Waals surface area (Å²) in [6.45, 7) is 0.486. The Hall–Kier alpha value is -3.25. The van der Waals surface area contributed by atoms with Crippen molar-refractivity contribution in [3.05, 3.63) is 76.8 Å². The van der Waals surface area contributed by atoms with E-state index in [0.29, 0.717) is 17.4 Å². The van der Waals surface area contributed by atoms with E-state index in [4.69, 9.17) is 16.3 Å². The van der Waals surface area contributed by atoms with Crippen LogP contribution in [0.4, 0.5) is 4.79 Å². The molecule has 29 heavy (non-hydrogen) atoms. The van der Waals surface area contributed by atoms with E-state index in [1.807, 2.05) is 36.4 Å². The first-order chi connectivity index (χ1) is 14.1. The number of imide groups is 1. The van der Waals surface area contributed by atoms with Crippen LogP contribution in [-0.2, 0) is 17.9 Å². The van der Waals surface area contributed by atoms with Gasteiger partial charge in [-0.3, -0.25) is 4.79 Å². The molecule has 2 aliphatic rings. The number of carbonyl (C=O) groups is 2. The molecule has 0 spiro atoms. The summed E-state index contributed by atoms with van der Waals surface area (Å²) in [4.78, 5) is 31.9. The number of amidine groups is 1. The molecule has 0 saturated carbocycles. The summed E-state index contributed by atoms with van der Waals surface area (Å²) >= 11 is 5.97. The second kappa shape index (κ2) is 8.01. The smallest absolute Gasteiger partial charge is 0.446 e. The fraction of sp³-hybridized carbons (Fsp3) is 0.182. The van der Waals surface area contributed by atoms with Crippen molar-refractivity contribution >= 4 is 35.6 Å². The molecule has 0 radical (unpaired) electrons. The zero-order valence-corrected chi connectivity index (χ0v) is 16.5. The van der Waals surface area contributed by atoms with E-state index >= 15 is 0 Å². The summed E-state index contributed by atoms with van der Waals surface area (Å²) in [7, 11) is 1.59. The molecule has 2 aromatic rings. The van der Waals surface area contributed by atoms with Gasteiger partial charge in [0, 0.05) is 5.02 Å². The van der Waals surface area contributed by atoms with Crippen molar-refractivity contribution in [1.82, 2.24) is 4.90 Å². The molecule has 2 heterocycles. The molecule has 4 rings (SSSR count). The molecule has 0 bridgehead atoms. The summed E-state index contributed by atoms with van der Waals surface area (Å²) in [6, 6.07) is 14.2. The molecular formula is C22H19ClN3O3+. The molecule has 0 aliphatic carbocycles. The minimum atomic E-state index is -0.580. The van der Waals surface area contributed by atoms with Crippen LogP contribution in [0.3, 0.4) is 0 Å². The number of amides is 3. The third-order valence-corrected chi connectivity index (χ3v) is 5.15. The van der Waals surface area contributed by atoms with Crippen molar-refractivity contribution < 1.29 is 18.9 Å². The number of nitrogens with zero attached hydrogens (tertiary/aromatic N) is 3. The largest absolute Gasteiger partial charge is 0.497 e. The molecule has 0 aromatic heterocycles. The van der Waals surface area contributed by atoms with Gasteiger partial charge in [-0.1, -0.05) is 41.9 Å². The van der Waals surface area contributed by atoms with Gasteiger partial charge in [0.1, 0.15) is 25.1 Å². The van der Waals surface area contributed by atoms with Gasteiger partial charge in [0.05, 0.1) is 7.11 Å². The van der Waals surface area contributed by atoms with Crippen molar-refractivity contribution in [3.8, 4) is 5.75 Å². The van der Waals surface area contributed by atoms with E-state index in [1.54, 1.807) is 42.2 Å². The summed E-state index contributed by atoms with van der Waals surface area (Å²) in [5.74, 6) is 0.308. The second-order valence-electron chi connectivity index (χ2n) is 6.77. The quantitative estimate of drug-likeness (QED) is 0.709. The first-order valence-corrected chi connectivity index (χ1v) is 9.52. The first kappa shape index (κ1) is 19.1. The van der Waals surface area contributed by atoms with Gasteiger partial charge in [0.25, 0.3) is 5.84 Å². The van der Waals surface area contributed by atoms with Gasteiger partial charge in [-0.25, -0.2) is 4.79 Å².